The molecule has 0 radical (unpaired) electrons. The van der Waals surface area contributed by atoms with Crippen LogP contribution in [-0.4, -0.2) is 31.3 Å². The van der Waals surface area contributed by atoms with Gasteiger partial charge in [0.2, 0.25) is 0 Å². The van der Waals surface area contributed by atoms with Gasteiger partial charge in [-0.3, -0.25) is 0 Å². The van der Waals surface area contributed by atoms with Crippen LogP contribution >= 0.6 is 31.9 Å². The normalized spacial score (nSPS) is 17.4. The molecule has 16 heavy (non-hydrogen) atoms. The van der Waals surface area contributed by atoms with Crippen molar-refractivity contribution in [1.29, 1.82) is 0 Å². The average Bonchev–Trinajstić information content (AvgIpc) is 2.29. The van der Waals surface area contributed by atoms with E-state index in [9.17, 15) is 0 Å². The largest absolute Gasteiger partial charge is 0.381 e. The Morgan fingerprint density at radius 3 is 2.69 bits per heavy atom. The summed E-state index contributed by atoms with van der Waals surface area (Å²) in [6, 6.07) is 2.55. The fourth-order valence-electron chi connectivity index (χ4n) is 1.91. The molecule has 5 heteroatoms. The summed E-state index contributed by atoms with van der Waals surface area (Å²) < 4.78 is 7.38. The summed E-state index contributed by atoms with van der Waals surface area (Å²) >= 11 is 6.96. The van der Waals surface area contributed by atoms with Crippen LogP contribution in [0.1, 0.15) is 12.8 Å². The summed E-state index contributed by atoms with van der Waals surface area (Å²) in [5, 5.41) is 0. The molecule has 0 unspecified atom stereocenters. The minimum atomic E-state index is 0.527. The lowest BCUT2D eigenvalue weighted by Gasteiger charge is -2.32. The second-order valence-corrected chi connectivity index (χ2v) is 5.68. The lowest BCUT2D eigenvalue weighted by Crippen LogP contribution is -2.37. The molecule has 0 amide bonds. The Bertz CT molecular complexity index is 367. The molecular weight excluding hydrogens is 336 g/mol. The van der Waals surface area contributed by atoms with E-state index >= 15 is 0 Å². The number of rotatable bonds is 2. The second-order valence-electron chi connectivity index (χ2n) is 3.91. The van der Waals surface area contributed by atoms with Crippen molar-refractivity contribution in [1.82, 2.24) is 4.98 Å². The Balaban J connectivity index is 2.15. The summed E-state index contributed by atoms with van der Waals surface area (Å²) in [6.07, 6.45) is 3.97. The van der Waals surface area contributed by atoms with Crippen LogP contribution in [0.5, 0.6) is 0 Å². The molecule has 88 valence electrons. The Hall–Kier alpha value is -0.130. The van der Waals surface area contributed by atoms with Crippen LogP contribution in [0.15, 0.2) is 21.2 Å². The van der Waals surface area contributed by atoms with Crippen molar-refractivity contribution in [2.24, 2.45) is 0 Å². The molecule has 3 nitrogen and oxygen atoms in total. The summed E-state index contributed by atoms with van der Waals surface area (Å²) in [5.41, 5.74) is 0. The molecule has 1 aromatic heterocycles. The van der Waals surface area contributed by atoms with Crippen LogP contribution < -0.4 is 4.90 Å². The van der Waals surface area contributed by atoms with Gasteiger partial charge in [-0.2, -0.15) is 0 Å². The summed E-state index contributed by atoms with van der Waals surface area (Å²) in [4.78, 5) is 6.68. The zero-order valence-corrected chi connectivity index (χ0v) is 12.3. The first-order chi connectivity index (χ1) is 7.68. The van der Waals surface area contributed by atoms with Gasteiger partial charge in [0.1, 0.15) is 5.82 Å². The third kappa shape index (κ3) is 2.76. The van der Waals surface area contributed by atoms with E-state index in [4.69, 9.17) is 4.74 Å². The molecule has 0 saturated carbocycles. The molecule has 0 aromatic carbocycles. The molecular formula is C11H14Br2N2O. The van der Waals surface area contributed by atoms with Crippen LogP contribution in [-0.2, 0) is 4.74 Å². The van der Waals surface area contributed by atoms with E-state index in [0.717, 1.165) is 40.8 Å². The average molecular weight is 350 g/mol. The van der Waals surface area contributed by atoms with Gasteiger partial charge in [0, 0.05) is 37.0 Å². The lowest BCUT2D eigenvalue weighted by atomic mass is 10.1. The number of anilines is 1. The van der Waals surface area contributed by atoms with Gasteiger partial charge >= 0.3 is 0 Å². The number of pyridine rings is 1. The van der Waals surface area contributed by atoms with Gasteiger partial charge in [-0.1, -0.05) is 0 Å². The first-order valence-corrected chi connectivity index (χ1v) is 6.88. The van der Waals surface area contributed by atoms with Crippen molar-refractivity contribution in [3.05, 3.63) is 21.2 Å². The van der Waals surface area contributed by atoms with Gasteiger partial charge in [-0.05, 0) is 50.8 Å². The van der Waals surface area contributed by atoms with Crippen molar-refractivity contribution in [2.45, 2.75) is 18.9 Å². The highest BCUT2D eigenvalue weighted by Gasteiger charge is 2.20. The van der Waals surface area contributed by atoms with E-state index in [0.29, 0.717) is 6.04 Å². The first kappa shape index (κ1) is 12.3. The highest BCUT2D eigenvalue weighted by molar-refractivity contribution is 9.11. The monoisotopic (exact) mass is 348 g/mol. The third-order valence-corrected chi connectivity index (χ3v) is 3.88. The van der Waals surface area contributed by atoms with Gasteiger partial charge in [0.15, 0.2) is 0 Å². The quantitative estimate of drug-likeness (QED) is 0.819. The fourth-order valence-corrected chi connectivity index (χ4v) is 3.18. The first-order valence-electron chi connectivity index (χ1n) is 5.30. The van der Waals surface area contributed by atoms with E-state index in [1.165, 1.54) is 0 Å². The van der Waals surface area contributed by atoms with E-state index in [1.807, 2.05) is 12.3 Å². The predicted molar refractivity (Wildman–Crippen MR) is 71.9 cm³/mol. The number of halogens is 2. The highest BCUT2D eigenvalue weighted by Crippen LogP contribution is 2.28. The van der Waals surface area contributed by atoms with Crippen LogP contribution in [0.25, 0.3) is 0 Å². The zero-order chi connectivity index (χ0) is 11.5. The Morgan fingerprint density at radius 1 is 1.38 bits per heavy atom. The van der Waals surface area contributed by atoms with Gasteiger partial charge in [0.25, 0.3) is 0 Å². The lowest BCUT2D eigenvalue weighted by molar-refractivity contribution is 0.0853. The number of hydrogen-bond acceptors (Lipinski definition) is 3. The molecule has 1 fully saturated rings. The maximum absolute atomic E-state index is 5.37. The Morgan fingerprint density at radius 2 is 2.06 bits per heavy atom. The third-order valence-electron chi connectivity index (χ3n) is 2.86. The number of nitrogens with zero attached hydrogens (tertiary/aromatic N) is 2. The van der Waals surface area contributed by atoms with E-state index in [2.05, 4.69) is 48.8 Å². The fraction of sp³-hybridized carbons (Fsp3) is 0.545. The number of hydrogen-bond donors (Lipinski definition) is 0. The Kier molecular flexibility index (Phi) is 4.21. The molecule has 1 aliphatic heterocycles. The second kappa shape index (κ2) is 5.47. The topological polar surface area (TPSA) is 25.4 Å². The van der Waals surface area contributed by atoms with E-state index in [1.54, 1.807) is 0 Å². The SMILES string of the molecule is CN(c1ncc(Br)cc1Br)C1CCOCC1. The minimum Gasteiger partial charge on any atom is -0.381 e. The molecule has 2 rings (SSSR count). The van der Waals surface area contributed by atoms with Crippen molar-refractivity contribution in [2.75, 3.05) is 25.2 Å². The molecule has 1 saturated heterocycles. The molecule has 0 bridgehead atoms. The van der Waals surface area contributed by atoms with Crippen molar-refractivity contribution in [3.63, 3.8) is 0 Å². The Labute approximate surface area is 112 Å². The zero-order valence-electron chi connectivity index (χ0n) is 9.12. The molecule has 2 heterocycles. The molecule has 1 aliphatic rings. The highest BCUT2D eigenvalue weighted by atomic mass is 79.9. The maximum Gasteiger partial charge on any atom is 0.142 e. The van der Waals surface area contributed by atoms with Gasteiger partial charge in [-0.15, -0.1) is 0 Å². The summed E-state index contributed by atoms with van der Waals surface area (Å²) in [6.45, 7) is 1.70. The van der Waals surface area contributed by atoms with Gasteiger partial charge < -0.3 is 9.64 Å². The summed E-state index contributed by atoms with van der Waals surface area (Å²) in [7, 11) is 2.09. The maximum atomic E-state index is 5.37. The van der Waals surface area contributed by atoms with Crippen molar-refractivity contribution in [3.8, 4) is 0 Å². The standard InChI is InChI=1S/C11H14Br2N2O/c1-15(9-2-4-16-5-3-9)11-10(13)6-8(12)7-14-11/h6-7,9H,2-5H2,1H3. The van der Waals surface area contributed by atoms with Crippen LogP contribution in [0, 0.1) is 0 Å². The van der Waals surface area contributed by atoms with Crippen LogP contribution in [0.4, 0.5) is 5.82 Å². The molecule has 0 atom stereocenters. The molecule has 0 aliphatic carbocycles. The number of ether oxygens (including phenoxy) is 1. The summed E-state index contributed by atoms with van der Waals surface area (Å²) in [5.74, 6) is 0.995. The smallest absolute Gasteiger partial charge is 0.142 e. The van der Waals surface area contributed by atoms with Crippen LogP contribution in [0.2, 0.25) is 0 Å². The molecule has 0 spiro atoms. The predicted octanol–water partition coefficient (Wildman–Crippen LogP) is 3.22. The number of aromatic nitrogens is 1. The van der Waals surface area contributed by atoms with E-state index in [-0.39, 0.29) is 0 Å². The van der Waals surface area contributed by atoms with Crippen molar-refractivity contribution >= 4 is 37.7 Å². The molecule has 0 N–H and O–H groups in total. The molecule has 1 aromatic rings. The van der Waals surface area contributed by atoms with Gasteiger partial charge in [0.05, 0.1) is 4.47 Å². The van der Waals surface area contributed by atoms with Crippen molar-refractivity contribution < 1.29 is 4.74 Å². The van der Waals surface area contributed by atoms with Gasteiger partial charge in [-0.25, -0.2) is 4.98 Å². The minimum absolute atomic E-state index is 0.527. The van der Waals surface area contributed by atoms with Crippen LogP contribution in [0.3, 0.4) is 0 Å². The van der Waals surface area contributed by atoms with E-state index < -0.39 is 0 Å².